The van der Waals surface area contributed by atoms with Gasteiger partial charge >= 0.3 is 0 Å². The molecule has 12 heavy (non-hydrogen) atoms. The van der Waals surface area contributed by atoms with Gasteiger partial charge in [0.1, 0.15) is 0 Å². The lowest BCUT2D eigenvalue weighted by molar-refractivity contribution is -0.136. The average Bonchev–Trinajstić information content (AvgIpc) is 2.03. The second kappa shape index (κ2) is 4.04. The summed E-state index contributed by atoms with van der Waals surface area (Å²) in [5, 5.41) is 2.33. The minimum Gasteiger partial charge on any atom is -0.296 e. The number of amides is 2. The standard InChI is InChI=1S/C9H13NO2/c1-2-3-4-7-5-6-8(11)10-9(7)12/h2,7H,1,3-6H2,(H,10,11,12). The Hall–Kier alpha value is -1.12. The van der Waals surface area contributed by atoms with E-state index in [2.05, 4.69) is 11.9 Å². The molecular weight excluding hydrogens is 154 g/mol. The van der Waals surface area contributed by atoms with E-state index in [0.717, 1.165) is 12.8 Å². The molecule has 1 atom stereocenters. The van der Waals surface area contributed by atoms with Gasteiger partial charge in [0.2, 0.25) is 11.8 Å². The van der Waals surface area contributed by atoms with E-state index in [4.69, 9.17) is 0 Å². The van der Waals surface area contributed by atoms with E-state index in [0.29, 0.717) is 12.8 Å². The Kier molecular flexibility index (Phi) is 3.02. The number of hydrogen-bond donors (Lipinski definition) is 1. The third-order valence-corrected chi connectivity index (χ3v) is 2.07. The molecule has 1 N–H and O–H groups in total. The van der Waals surface area contributed by atoms with E-state index < -0.39 is 0 Å². The molecule has 0 aromatic heterocycles. The number of carbonyl (C=O) groups is 2. The van der Waals surface area contributed by atoms with Gasteiger partial charge < -0.3 is 0 Å². The summed E-state index contributed by atoms with van der Waals surface area (Å²) in [7, 11) is 0. The molecule has 1 rings (SSSR count). The first kappa shape index (κ1) is 8.97. The highest BCUT2D eigenvalue weighted by atomic mass is 16.2. The smallest absolute Gasteiger partial charge is 0.229 e. The summed E-state index contributed by atoms with van der Waals surface area (Å²) in [6.45, 7) is 3.59. The van der Waals surface area contributed by atoms with Gasteiger partial charge in [-0.05, 0) is 19.3 Å². The van der Waals surface area contributed by atoms with E-state index in [1.165, 1.54) is 0 Å². The lowest BCUT2D eigenvalue weighted by atomic mass is 9.93. The first-order valence-electron chi connectivity index (χ1n) is 4.18. The van der Waals surface area contributed by atoms with Crippen LogP contribution < -0.4 is 5.32 Å². The van der Waals surface area contributed by atoms with Gasteiger partial charge in [-0.3, -0.25) is 14.9 Å². The summed E-state index contributed by atoms with van der Waals surface area (Å²) in [6.07, 6.45) is 4.62. The molecule has 66 valence electrons. The molecule has 3 nitrogen and oxygen atoms in total. The number of rotatable bonds is 3. The Balaban J connectivity index is 2.39. The van der Waals surface area contributed by atoms with Gasteiger partial charge in [-0.1, -0.05) is 6.08 Å². The normalized spacial score (nSPS) is 23.5. The molecule has 1 fully saturated rings. The van der Waals surface area contributed by atoms with Crippen molar-refractivity contribution in [3.63, 3.8) is 0 Å². The van der Waals surface area contributed by atoms with E-state index in [9.17, 15) is 9.59 Å². The van der Waals surface area contributed by atoms with Crippen molar-refractivity contribution in [3.8, 4) is 0 Å². The lowest BCUT2D eigenvalue weighted by Gasteiger charge is -2.19. The average molecular weight is 167 g/mol. The summed E-state index contributed by atoms with van der Waals surface area (Å²) >= 11 is 0. The summed E-state index contributed by atoms with van der Waals surface area (Å²) < 4.78 is 0. The highest BCUT2D eigenvalue weighted by Gasteiger charge is 2.25. The van der Waals surface area contributed by atoms with Crippen LogP contribution in [0.15, 0.2) is 12.7 Å². The molecule has 1 aliphatic heterocycles. The first-order valence-corrected chi connectivity index (χ1v) is 4.18. The highest BCUT2D eigenvalue weighted by molar-refractivity contribution is 5.98. The van der Waals surface area contributed by atoms with Crippen molar-refractivity contribution in [3.05, 3.63) is 12.7 Å². The van der Waals surface area contributed by atoms with Crippen molar-refractivity contribution in [2.45, 2.75) is 25.7 Å². The number of imide groups is 1. The van der Waals surface area contributed by atoms with Crippen LogP contribution in [-0.2, 0) is 9.59 Å². The Morgan fingerprint density at radius 1 is 1.58 bits per heavy atom. The fraction of sp³-hybridized carbons (Fsp3) is 0.556. The number of carbonyl (C=O) groups excluding carboxylic acids is 2. The maximum atomic E-state index is 11.1. The highest BCUT2D eigenvalue weighted by Crippen LogP contribution is 2.17. The van der Waals surface area contributed by atoms with Gasteiger partial charge in [0, 0.05) is 12.3 Å². The largest absolute Gasteiger partial charge is 0.296 e. The second-order valence-electron chi connectivity index (χ2n) is 3.01. The Bertz CT molecular complexity index is 209. The maximum Gasteiger partial charge on any atom is 0.229 e. The number of piperidine rings is 1. The van der Waals surface area contributed by atoms with Crippen molar-refractivity contribution >= 4 is 11.8 Å². The zero-order valence-electron chi connectivity index (χ0n) is 7.01. The number of allylic oxidation sites excluding steroid dienone is 1. The molecular formula is C9H13NO2. The molecule has 0 radical (unpaired) electrons. The molecule has 1 saturated heterocycles. The zero-order chi connectivity index (χ0) is 8.97. The predicted molar refractivity (Wildman–Crippen MR) is 45.3 cm³/mol. The van der Waals surface area contributed by atoms with Gasteiger partial charge in [0.05, 0.1) is 0 Å². The summed E-state index contributed by atoms with van der Waals surface area (Å²) in [5.41, 5.74) is 0. The first-order chi connectivity index (χ1) is 5.74. The Morgan fingerprint density at radius 3 is 2.92 bits per heavy atom. The third kappa shape index (κ3) is 2.19. The van der Waals surface area contributed by atoms with Crippen LogP contribution in [0.1, 0.15) is 25.7 Å². The van der Waals surface area contributed by atoms with Crippen LogP contribution >= 0.6 is 0 Å². The van der Waals surface area contributed by atoms with Crippen molar-refractivity contribution in [2.75, 3.05) is 0 Å². The predicted octanol–water partition coefficient (Wildman–Crippen LogP) is 1.01. The maximum absolute atomic E-state index is 11.1. The van der Waals surface area contributed by atoms with Crippen molar-refractivity contribution < 1.29 is 9.59 Å². The fourth-order valence-electron chi connectivity index (χ4n) is 1.33. The summed E-state index contributed by atoms with van der Waals surface area (Å²) in [6, 6.07) is 0. The van der Waals surface area contributed by atoms with Gasteiger partial charge in [-0.25, -0.2) is 0 Å². The van der Waals surface area contributed by atoms with Crippen LogP contribution in [0.5, 0.6) is 0 Å². The van der Waals surface area contributed by atoms with Crippen molar-refractivity contribution in [1.29, 1.82) is 0 Å². The van der Waals surface area contributed by atoms with Crippen LogP contribution in [0.25, 0.3) is 0 Å². The van der Waals surface area contributed by atoms with Gasteiger partial charge in [-0.15, -0.1) is 6.58 Å². The monoisotopic (exact) mass is 167 g/mol. The minimum absolute atomic E-state index is 0.0145. The minimum atomic E-state index is -0.144. The molecule has 2 amide bonds. The van der Waals surface area contributed by atoms with Gasteiger partial charge in [0.25, 0.3) is 0 Å². The van der Waals surface area contributed by atoms with E-state index in [1.54, 1.807) is 6.08 Å². The Morgan fingerprint density at radius 2 is 2.33 bits per heavy atom. The van der Waals surface area contributed by atoms with E-state index in [-0.39, 0.29) is 17.7 Å². The molecule has 1 unspecified atom stereocenters. The molecule has 0 aromatic rings. The van der Waals surface area contributed by atoms with E-state index in [1.807, 2.05) is 0 Å². The third-order valence-electron chi connectivity index (χ3n) is 2.07. The molecule has 1 aliphatic rings. The topological polar surface area (TPSA) is 46.2 Å². The number of nitrogens with one attached hydrogen (secondary N) is 1. The SMILES string of the molecule is C=CCCC1CCC(=O)NC1=O. The van der Waals surface area contributed by atoms with E-state index >= 15 is 0 Å². The number of hydrogen-bond acceptors (Lipinski definition) is 2. The molecule has 0 spiro atoms. The summed E-state index contributed by atoms with van der Waals surface area (Å²) in [4.78, 5) is 21.9. The fourth-order valence-corrected chi connectivity index (χ4v) is 1.33. The van der Waals surface area contributed by atoms with Crippen molar-refractivity contribution in [2.24, 2.45) is 5.92 Å². The van der Waals surface area contributed by atoms with Crippen LogP contribution in [0.2, 0.25) is 0 Å². The second-order valence-corrected chi connectivity index (χ2v) is 3.01. The quantitative estimate of drug-likeness (QED) is 0.503. The van der Waals surface area contributed by atoms with Gasteiger partial charge in [0.15, 0.2) is 0 Å². The Labute approximate surface area is 71.8 Å². The molecule has 3 heteroatoms. The molecule has 0 bridgehead atoms. The molecule has 1 heterocycles. The van der Waals surface area contributed by atoms with Crippen LogP contribution in [0.3, 0.4) is 0 Å². The van der Waals surface area contributed by atoms with Crippen molar-refractivity contribution in [1.82, 2.24) is 5.32 Å². The van der Waals surface area contributed by atoms with Gasteiger partial charge in [-0.2, -0.15) is 0 Å². The summed E-state index contributed by atoms with van der Waals surface area (Å²) in [5.74, 6) is -0.247. The van der Waals surface area contributed by atoms with Crippen LogP contribution in [0, 0.1) is 5.92 Å². The molecule has 0 saturated carbocycles. The molecule has 0 aliphatic carbocycles. The lowest BCUT2D eigenvalue weighted by Crippen LogP contribution is -2.40. The van der Waals surface area contributed by atoms with Crippen LogP contribution in [-0.4, -0.2) is 11.8 Å². The zero-order valence-corrected chi connectivity index (χ0v) is 7.01. The molecule has 0 aromatic carbocycles. The van der Waals surface area contributed by atoms with Crippen LogP contribution in [0.4, 0.5) is 0 Å².